The van der Waals surface area contributed by atoms with Gasteiger partial charge in [0, 0.05) is 4.47 Å². The zero-order valence-electron chi connectivity index (χ0n) is 11.4. The van der Waals surface area contributed by atoms with E-state index >= 15 is 0 Å². The molecule has 2 aromatic rings. The largest absolute Gasteiger partial charge is 0.493 e. The van der Waals surface area contributed by atoms with E-state index < -0.39 is 0 Å². The lowest BCUT2D eigenvalue weighted by atomic mass is 10.0. The molecule has 0 spiro atoms. The second-order valence-electron chi connectivity index (χ2n) is 4.46. The van der Waals surface area contributed by atoms with Gasteiger partial charge in [0.05, 0.1) is 14.2 Å². The van der Waals surface area contributed by atoms with E-state index in [9.17, 15) is 0 Å². The van der Waals surface area contributed by atoms with Gasteiger partial charge in [0.2, 0.25) is 0 Å². The molecule has 0 aliphatic carbocycles. The molecule has 0 saturated heterocycles. The van der Waals surface area contributed by atoms with Gasteiger partial charge in [0.1, 0.15) is 0 Å². The number of hydrogen-bond acceptors (Lipinski definition) is 2. The van der Waals surface area contributed by atoms with Crippen LogP contribution >= 0.6 is 15.9 Å². The number of hydrogen-bond donors (Lipinski definition) is 0. The molecule has 0 saturated carbocycles. The second-order valence-corrected chi connectivity index (χ2v) is 5.32. The first-order valence-electron chi connectivity index (χ1n) is 6.10. The lowest BCUT2D eigenvalue weighted by Crippen LogP contribution is -1.94. The van der Waals surface area contributed by atoms with Crippen molar-refractivity contribution in [3.63, 3.8) is 0 Å². The van der Waals surface area contributed by atoms with E-state index in [1.54, 1.807) is 14.2 Å². The second kappa shape index (κ2) is 6.11. The Hall–Kier alpha value is -1.48. The van der Waals surface area contributed by atoms with Crippen LogP contribution in [0.3, 0.4) is 0 Å². The van der Waals surface area contributed by atoms with E-state index in [4.69, 9.17) is 9.47 Å². The first-order chi connectivity index (χ1) is 9.13. The van der Waals surface area contributed by atoms with Crippen LogP contribution in [0.25, 0.3) is 0 Å². The zero-order chi connectivity index (χ0) is 13.8. The van der Waals surface area contributed by atoms with Crippen LogP contribution in [-0.2, 0) is 6.42 Å². The summed E-state index contributed by atoms with van der Waals surface area (Å²) in [6.07, 6.45) is 0.864. The highest BCUT2D eigenvalue weighted by Crippen LogP contribution is 2.29. The molecule has 0 aliphatic heterocycles. The molecule has 0 radical (unpaired) electrons. The number of ether oxygens (including phenoxy) is 2. The van der Waals surface area contributed by atoms with Gasteiger partial charge in [-0.1, -0.05) is 39.7 Å². The molecule has 0 unspecified atom stereocenters. The first-order valence-corrected chi connectivity index (χ1v) is 6.89. The van der Waals surface area contributed by atoms with Gasteiger partial charge in [-0.3, -0.25) is 0 Å². The Balaban J connectivity index is 2.30. The summed E-state index contributed by atoms with van der Waals surface area (Å²) in [6, 6.07) is 12.4. The van der Waals surface area contributed by atoms with Gasteiger partial charge in [-0.2, -0.15) is 0 Å². The predicted octanol–water partition coefficient (Wildman–Crippen LogP) is 4.37. The molecule has 0 amide bonds. The van der Waals surface area contributed by atoms with Gasteiger partial charge in [-0.05, 0) is 42.7 Å². The number of methoxy groups -OCH3 is 2. The van der Waals surface area contributed by atoms with Crippen LogP contribution in [0, 0.1) is 6.92 Å². The Labute approximate surface area is 122 Å². The fourth-order valence-electron chi connectivity index (χ4n) is 2.05. The summed E-state index contributed by atoms with van der Waals surface area (Å²) in [5.41, 5.74) is 3.73. The Morgan fingerprint density at radius 2 is 1.68 bits per heavy atom. The third-order valence-electron chi connectivity index (χ3n) is 3.04. The molecule has 0 heterocycles. The minimum absolute atomic E-state index is 0.759. The normalized spacial score (nSPS) is 10.3. The molecule has 19 heavy (non-hydrogen) atoms. The summed E-state index contributed by atoms with van der Waals surface area (Å²) in [7, 11) is 3.30. The third-order valence-corrected chi connectivity index (χ3v) is 3.82. The molecule has 0 bridgehead atoms. The lowest BCUT2D eigenvalue weighted by molar-refractivity contribution is 0.354. The molecule has 2 aromatic carbocycles. The highest BCUT2D eigenvalue weighted by molar-refractivity contribution is 9.10. The molecule has 0 N–H and O–H groups in total. The molecule has 2 nitrogen and oxygen atoms in total. The maximum atomic E-state index is 5.33. The molecule has 2 rings (SSSR count). The molecular formula is C16H17BrO2. The number of rotatable bonds is 4. The summed E-state index contributed by atoms with van der Waals surface area (Å²) in [5, 5.41) is 0. The van der Waals surface area contributed by atoms with Crippen molar-refractivity contribution < 1.29 is 9.47 Å². The van der Waals surface area contributed by atoms with Crippen LogP contribution in [0.1, 0.15) is 16.7 Å². The molecule has 0 atom stereocenters. The third kappa shape index (κ3) is 3.29. The van der Waals surface area contributed by atoms with Crippen LogP contribution in [0.15, 0.2) is 40.9 Å². The standard InChI is InChI=1S/C16H17BrO2/c1-11-4-6-14(17)13(8-11)9-12-5-7-15(18-2)16(10-12)19-3/h4-8,10H,9H2,1-3H3. The van der Waals surface area contributed by atoms with Gasteiger partial charge in [-0.25, -0.2) is 0 Å². The van der Waals surface area contributed by atoms with Crippen LogP contribution in [-0.4, -0.2) is 14.2 Å². The van der Waals surface area contributed by atoms with Gasteiger partial charge in [0.15, 0.2) is 11.5 Å². The van der Waals surface area contributed by atoms with Crippen LogP contribution < -0.4 is 9.47 Å². The molecule has 0 aliphatic rings. The van der Waals surface area contributed by atoms with Crippen LogP contribution in [0.4, 0.5) is 0 Å². The molecule has 0 fully saturated rings. The Morgan fingerprint density at radius 1 is 0.947 bits per heavy atom. The molecule has 100 valence electrons. The van der Waals surface area contributed by atoms with Gasteiger partial charge >= 0.3 is 0 Å². The van der Waals surface area contributed by atoms with E-state index in [0.717, 1.165) is 22.4 Å². The van der Waals surface area contributed by atoms with Gasteiger partial charge < -0.3 is 9.47 Å². The smallest absolute Gasteiger partial charge is 0.160 e. The van der Waals surface area contributed by atoms with E-state index in [1.807, 2.05) is 12.1 Å². The van der Waals surface area contributed by atoms with Crippen molar-refractivity contribution in [1.82, 2.24) is 0 Å². The highest BCUT2D eigenvalue weighted by Gasteiger charge is 2.07. The average Bonchev–Trinajstić information content (AvgIpc) is 2.42. The number of halogens is 1. The monoisotopic (exact) mass is 320 g/mol. The molecule has 3 heteroatoms. The van der Waals surface area contributed by atoms with Crippen molar-refractivity contribution >= 4 is 15.9 Å². The average molecular weight is 321 g/mol. The summed E-state index contributed by atoms with van der Waals surface area (Å²) in [6.45, 7) is 2.10. The predicted molar refractivity (Wildman–Crippen MR) is 81.2 cm³/mol. The van der Waals surface area contributed by atoms with Crippen molar-refractivity contribution in [3.8, 4) is 11.5 Å². The van der Waals surface area contributed by atoms with Gasteiger partial charge in [0.25, 0.3) is 0 Å². The van der Waals surface area contributed by atoms with Crippen molar-refractivity contribution in [2.24, 2.45) is 0 Å². The minimum Gasteiger partial charge on any atom is -0.493 e. The minimum atomic E-state index is 0.759. The van der Waals surface area contributed by atoms with Crippen LogP contribution in [0.5, 0.6) is 11.5 Å². The number of aryl methyl sites for hydroxylation is 1. The van der Waals surface area contributed by atoms with Crippen molar-refractivity contribution in [2.45, 2.75) is 13.3 Å². The Bertz CT molecular complexity index is 579. The van der Waals surface area contributed by atoms with Crippen molar-refractivity contribution in [3.05, 3.63) is 57.6 Å². The van der Waals surface area contributed by atoms with Crippen LogP contribution in [0.2, 0.25) is 0 Å². The first kappa shape index (κ1) is 13.9. The molecular weight excluding hydrogens is 304 g/mol. The number of benzene rings is 2. The fraction of sp³-hybridized carbons (Fsp3) is 0.250. The quantitative estimate of drug-likeness (QED) is 0.833. The maximum absolute atomic E-state index is 5.33. The summed E-state index contributed by atoms with van der Waals surface area (Å²) < 4.78 is 11.7. The fourth-order valence-corrected chi connectivity index (χ4v) is 2.44. The van der Waals surface area contributed by atoms with Gasteiger partial charge in [-0.15, -0.1) is 0 Å². The Morgan fingerprint density at radius 3 is 2.37 bits per heavy atom. The summed E-state index contributed by atoms with van der Waals surface area (Å²) in [4.78, 5) is 0. The summed E-state index contributed by atoms with van der Waals surface area (Å²) >= 11 is 3.60. The van der Waals surface area contributed by atoms with Crippen molar-refractivity contribution in [2.75, 3.05) is 14.2 Å². The van der Waals surface area contributed by atoms with E-state index in [2.05, 4.69) is 47.1 Å². The maximum Gasteiger partial charge on any atom is 0.160 e. The topological polar surface area (TPSA) is 18.5 Å². The SMILES string of the molecule is COc1ccc(Cc2cc(C)ccc2Br)cc1OC. The lowest BCUT2D eigenvalue weighted by Gasteiger charge is -2.11. The highest BCUT2D eigenvalue weighted by atomic mass is 79.9. The van der Waals surface area contributed by atoms with E-state index in [0.29, 0.717) is 0 Å². The van der Waals surface area contributed by atoms with Crippen molar-refractivity contribution in [1.29, 1.82) is 0 Å². The Kier molecular flexibility index (Phi) is 4.48. The van der Waals surface area contributed by atoms with E-state index in [1.165, 1.54) is 16.7 Å². The summed E-state index contributed by atoms with van der Waals surface area (Å²) in [5.74, 6) is 1.53. The molecule has 0 aromatic heterocycles. The zero-order valence-corrected chi connectivity index (χ0v) is 13.0. The van der Waals surface area contributed by atoms with E-state index in [-0.39, 0.29) is 0 Å².